The van der Waals surface area contributed by atoms with Crippen molar-refractivity contribution in [3.63, 3.8) is 0 Å². The molecule has 2 aromatic carbocycles. The summed E-state index contributed by atoms with van der Waals surface area (Å²) in [7, 11) is 0. The number of hydrogen-bond donors (Lipinski definition) is 2. The van der Waals surface area contributed by atoms with E-state index in [0.29, 0.717) is 5.11 Å². The monoisotopic (exact) mass is 409 g/mol. The number of carbonyl (C=O) groups excluding carboxylic acids is 1. The quantitative estimate of drug-likeness (QED) is 0.548. The molecule has 4 nitrogen and oxygen atoms in total. The maximum atomic E-state index is 12.3. The first-order valence-corrected chi connectivity index (χ1v) is 10.9. The molecule has 0 radical (unpaired) electrons. The fourth-order valence-electron chi connectivity index (χ4n) is 3.59. The van der Waals surface area contributed by atoms with Crippen molar-refractivity contribution >= 4 is 50.5 Å². The zero-order valence-corrected chi connectivity index (χ0v) is 17.5. The summed E-state index contributed by atoms with van der Waals surface area (Å²) >= 11 is 7.00. The number of carbonyl (C=O) groups is 1. The molecule has 1 aliphatic rings. The highest BCUT2D eigenvalue weighted by molar-refractivity contribution is 7.80. The van der Waals surface area contributed by atoms with Crippen LogP contribution in [0.5, 0.6) is 0 Å². The molecule has 1 aliphatic carbocycles. The molecule has 2 N–H and O–H groups in total. The van der Waals surface area contributed by atoms with Crippen LogP contribution in [0.3, 0.4) is 0 Å². The van der Waals surface area contributed by atoms with E-state index in [1.165, 1.54) is 16.7 Å². The summed E-state index contributed by atoms with van der Waals surface area (Å²) in [4.78, 5) is 17.0. The highest BCUT2D eigenvalue weighted by Crippen LogP contribution is 2.31. The zero-order chi connectivity index (χ0) is 19.5. The smallest absolute Gasteiger partial charge is 0.229 e. The van der Waals surface area contributed by atoms with Crippen LogP contribution in [-0.2, 0) is 4.79 Å². The molecule has 0 atom stereocenters. The van der Waals surface area contributed by atoms with Gasteiger partial charge in [-0.2, -0.15) is 0 Å². The van der Waals surface area contributed by atoms with E-state index >= 15 is 0 Å². The Morgan fingerprint density at radius 3 is 2.61 bits per heavy atom. The van der Waals surface area contributed by atoms with Crippen LogP contribution >= 0.6 is 23.6 Å². The molecular weight excluding hydrogens is 386 g/mol. The largest absolute Gasteiger partial charge is 0.332 e. The van der Waals surface area contributed by atoms with Gasteiger partial charge in [-0.3, -0.25) is 4.79 Å². The molecule has 0 aliphatic heterocycles. The van der Waals surface area contributed by atoms with Crippen molar-refractivity contribution in [2.24, 2.45) is 5.92 Å². The average Bonchev–Trinajstić information content (AvgIpc) is 3.12. The van der Waals surface area contributed by atoms with Crippen LogP contribution in [0.4, 0.5) is 5.69 Å². The summed E-state index contributed by atoms with van der Waals surface area (Å²) in [6.07, 6.45) is 5.42. The number of rotatable bonds is 3. The van der Waals surface area contributed by atoms with Gasteiger partial charge in [0.05, 0.1) is 10.2 Å². The van der Waals surface area contributed by atoms with Crippen LogP contribution < -0.4 is 10.6 Å². The maximum absolute atomic E-state index is 12.3. The summed E-state index contributed by atoms with van der Waals surface area (Å²) in [6, 6.07) is 14.3. The van der Waals surface area contributed by atoms with Crippen molar-refractivity contribution in [1.29, 1.82) is 0 Å². The van der Waals surface area contributed by atoms with E-state index in [0.717, 1.165) is 47.5 Å². The van der Waals surface area contributed by atoms with Gasteiger partial charge in [0, 0.05) is 17.2 Å². The molecule has 28 heavy (non-hydrogen) atoms. The number of nitrogens with one attached hydrogen (secondary N) is 2. The Labute approximate surface area is 174 Å². The van der Waals surface area contributed by atoms with Gasteiger partial charge in [-0.05, 0) is 73.9 Å². The lowest BCUT2D eigenvalue weighted by molar-refractivity contribution is -0.124. The Morgan fingerprint density at radius 1 is 1.11 bits per heavy atom. The summed E-state index contributed by atoms with van der Waals surface area (Å²) in [6.45, 7) is 2.09. The number of fused-ring (bicyclic) bond motifs is 1. The van der Waals surface area contributed by atoms with E-state index in [1.54, 1.807) is 11.3 Å². The number of aryl methyl sites for hydroxylation is 1. The van der Waals surface area contributed by atoms with Gasteiger partial charge in [0.25, 0.3) is 0 Å². The first-order chi connectivity index (χ1) is 13.6. The Bertz CT molecular complexity index is 1000. The number of anilines is 1. The summed E-state index contributed by atoms with van der Waals surface area (Å²) in [5, 5.41) is 7.31. The molecule has 1 aromatic heterocycles. The lowest BCUT2D eigenvalue weighted by Gasteiger charge is -2.21. The minimum absolute atomic E-state index is 0.0404. The number of hydrogen-bond acceptors (Lipinski definition) is 4. The molecule has 144 valence electrons. The van der Waals surface area contributed by atoms with Gasteiger partial charge >= 0.3 is 0 Å². The number of nitrogens with zero attached hydrogens (tertiary/aromatic N) is 1. The van der Waals surface area contributed by atoms with Crippen LogP contribution in [0.2, 0.25) is 0 Å². The SMILES string of the molecule is Cc1ccc2nc(-c3ccc(NC(=S)NC(=O)C4CCCCC4)cc3)sc2c1. The van der Waals surface area contributed by atoms with Gasteiger partial charge in [0.1, 0.15) is 5.01 Å². The number of aromatic nitrogens is 1. The molecule has 1 amide bonds. The van der Waals surface area contributed by atoms with Crippen molar-refractivity contribution in [2.45, 2.75) is 39.0 Å². The van der Waals surface area contributed by atoms with E-state index in [4.69, 9.17) is 17.2 Å². The predicted octanol–water partition coefficient (Wildman–Crippen LogP) is 5.67. The number of amides is 1. The Balaban J connectivity index is 1.39. The molecule has 0 saturated heterocycles. The summed E-state index contributed by atoms with van der Waals surface area (Å²) < 4.78 is 1.20. The fraction of sp³-hybridized carbons (Fsp3) is 0.318. The molecule has 1 heterocycles. The van der Waals surface area contributed by atoms with Crippen molar-refractivity contribution in [1.82, 2.24) is 10.3 Å². The molecule has 0 unspecified atom stereocenters. The highest BCUT2D eigenvalue weighted by atomic mass is 32.1. The van der Waals surface area contributed by atoms with Crippen molar-refractivity contribution in [3.8, 4) is 10.6 Å². The third-order valence-corrected chi connectivity index (χ3v) is 6.42. The highest BCUT2D eigenvalue weighted by Gasteiger charge is 2.21. The molecule has 1 fully saturated rings. The zero-order valence-electron chi connectivity index (χ0n) is 15.8. The molecule has 1 saturated carbocycles. The maximum Gasteiger partial charge on any atom is 0.229 e. The van der Waals surface area contributed by atoms with Gasteiger partial charge in [0.2, 0.25) is 5.91 Å². The Kier molecular flexibility index (Phi) is 5.69. The van der Waals surface area contributed by atoms with Gasteiger partial charge in [-0.1, -0.05) is 25.3 Å². The fourth-order valence-corrected chi connectivity index (χ4v) is 4.88. The summed E-state index contributed by atoms with van der Waals surface area (Å²) in [5.74, 6) is 0.136. The molecular formula is C22H23N3OS2. The van der Waals surface area contributed by atoms with Gasteiger partial charge < -0.3 is 10.6 Å². The molecule has 4 rings (SSSR count). The Hall–Kier alpha value is -2.31. The van der Waals surface area contributed by atoms with Crippen molar-refractivity contribution < 1.29 is 4.79 Å². The lowest BCUT2D eigenvalue weighted by atomic mass is 9.89. The topological polar surface area (TPSA) is 54.0 Å². The first-order valence-electron chi connectivity index (χ1n) is 9.68. The number of thiazole rings is 1. The van der Waals surface area contributed by atoms with Crippen LogP contribution in [0.1, 0.15) is 37.7 Å². The van der Waals surface area contributed by atoms with Gasteiger partial charge in [0.15, 0.2) is 5.11 Å². The van der Waals surface area contributed by atoms with Crippen molar-refractivity contribution in [3.05, 3.63) is 48.0 Å². The standard InChI is InChI=1S/C22H23N3OS2/c1-14-7-12-18-19(13-14)28-21(24-18)16-8-10-17(11-9-16)23-22(27)25-20(26)15-5-3-2-4-6-15/h7-13,15H,2-6H2,1H3,(H2,23,25,26,27). The van der Waals surface area contributed by atoms with E-state index in [1.807, 2.05) is 24.3 Å². The second-order valence-electron chi connectivity index (χ2n) is 7.35. The number of benzene rings is 2. The normalized spacial score (nSPS) is 14.8. The second kappa shape index (κ2) is 8.37. The Morgan fingerprint density at radius 2 is 1.86 bits per heavy atom. The van der Waals surface area contributed by atoms with E-state index in [-0.39, 0.29) is 11.8 Å². The second-order valence-corrected chi connectivity index (χ2v) is 8.78. The minimum Gasteiger partial charge on any atom is -0.332 e. The molecule has 0 bridgehead atoms. The molecule has 0 spiro atoms. The van der Waals surface area contributed by atoms with Crippen LogP contribution in [0.15, 0.2) is 42.5 Å². The lowest BCUT2D eigenvalue weighted by Crippen LogP contribution is -2.38. The van der Waals surface area contributed by atoms with Crippen LogP contribution in [-0.4, -0.2) is 16.0 Å². The predicted molar refractivity (Wildman–Crippen MR) is 121 cm³/mol. The third kappa shape index (κ3) is 4.39. The average molecular weight is 410 g/mol. The van der Waals surface area contributed by atoms with E-state index < -0.39 is 0 Å². The minimum atomic E-state index is 0.0404. The van der Waals surface area contributed by atoms with E-state index in [2.05, 4.69) is 35.8 Å². The first kappa shape index (κ1) is 19.0. The van der Waals surface area contributed by atoms with Crippen molar-refractivity contribution in [2.75, 3.05) is 5.32 Å². The molecule has 6 heteroatoms. The molecule has 3 aromatic rings. The van der Waals surface area contributed by atoms with Crippen LogP contribution in [0, 0.1) is 12.8 Å². The summed E-state index contributed by atoms with van der Waals surface area (Å²) in [5.41, 5.74) is 4.20. The van der Waals surface area contributed by atoms with Gasteiger partial charge in [-0.15, -0.1) is 11.3 Å². The number of thiocarbonyl (C=S) groups is 1. The van der Waals surface area contributed by atoms with Gasteiger partial charge in [-0.25, -0.2) is 4.98 Å². The van der Waals surface area contributed by atoms with E-state index in [9.17, 15) is 4.79 Å². The van der Waals surface area contributed by atoms with Crippen LogP contribution in [0.25, 0.3) is 20.8 Å². The third-order valence-electron chi connectivity index (χ3n) is 5.15.